The van der Waals surface area contributed by atoms with Crippen molar-refractivity contribution in [3.8, 4) is 0 Å². The maximum Gasteiger partial charge on any atom is 0.291 e. The molecule has 0 unspecified atom stereocenters. The topological polar surface area (TPSA) is 54.7 Å². The van der Waals surface area contributed by atoms with Crippen LogP contribution in [-0.4, -0.2) is 37.1 Å². The zero-order chi connectivity index (χ0) is 16.4. The van der Waals surface area contributed by atoms with E-state index in [0.29, 0.717) is 5.76 Å². The number of amides is 1. The van der Waals surface area contributed by atoms with E-state index < -0.39 is 0 Å². The van der Waals surface area contributed by atoms with Crippen LogP contribution in [0.1, 0.15) is 39.4 Å². The summed E-state index contributed by atoms with van der Waals surface area (Å²) in [5.41, 5.74) is 2.77. The van der Waals surface area contributed by atoms with Crippen molar-refractivity contribution in [2.75, 3.05) is 31.6 Å². The Kier molecular flexibility index (Phi) is 4.69. The smallest absolute Gasteiger partial charge is 0.291 e. The zero-order valence-electron chi connectivity index (χ0n) is 13.7. The predicted molar refractivity (Wildman–Crippen MR) is 93.7 cm³/mol. The largest absolute Gasteiger partial charge is 0.459 e. The summed E-state index contributed by atoms with van der Waals surface area (Å²) in [7, 11) is 0. The summed E-state index contributed by atoms with van der Waals surface area (Å²) in [5, 5.41) is 4.08. The number of thiophene rings is 1. The number of ether oxygens (including phenoxy) is 1. The Morgan fingerprint density at radius 1 is 1.25 bits per heavy atom. The van der Waals surface area contributed by atoms with Crippen molar-refractivity contribution in [2.45, 2.75) is 32.2 Å². The third-order valence-electron chi connectivity index (χ3n) is 4.74. The first-order chi connectivity index (χ1) is 11.8. The van der Waals surface area contributed by atoms with Crippen molar-refractivity contribution in [1.29, 1.82) is 0 Å². The molecule has 128 valence electrons. The Balaban J connectivity index is 1.59. The lowest BCUT2D eigenvalue weighted by molar-refractivity contribution is 0.0342. The van der Waals surface area contributed by atoms with Crippen LogP contribution in [0.4, 0.5) is 5.00 Å². The van der Waals surface area contributed by atoms with E-state index in [0.717, 1.165) is 50.7 Å². The molecule has 1 saturated heterocycles. The van der Waals surface area contributed by atoms with E-state index >= 15 is 0 Å². The van der Waals surface area contributed by atoms with E-state index in [-0.39, 0.29) is 5.91 Å². The molecule has 1 N–H and O–H groups in total. The van der Waals surface area contributed by atoms with E-state index in [1.165, 1.54) is 35.1 Å². The molecular weight excluding hydrogens is 324 g/mol. The quantitative estimate of drug-likeness (QED) is 0.923. The van der Waals surface area contributed by atoms with Gasteiger partial charge < -0.3 is 14.5 Å². The van der Waals surface area contributed by atoms with E-state index in [2.05, 4.69) is 10.2 Å². The van der Waals surface area contributed by atoms with Crippen molar-refractivity contribution >= 4 is 22.2 Å². The van der Waals surface area contributed by atoms with Crippen LogP contribution in [0.25, 0.3) is 0 Å². The SMILES string of the molecule is O=C(Nc1sc2c(c1CN1CCOCC1)CCCC2)c1ccco1. The van der Waals surface area contributed by atoms with Crippen LogP contribution in [0.2, 0.25) is 0 Å². The molecule has 5 nitrogen and oxygen atoms in total. The summed E-state index contributed by atoms with van der Waals surface area (Å²) >= 11 is 1.74. The Hall–Kier alpha value is -1.63. The minimum absolute atomic E-state index is 0.165. The van der Waals surface area contributed by atoms with Crippen molar-refractivity contribution in [2.24, 2.45) is 0 Å². The van der Waals surface area contributed by atoms with E-state index in [4.69, 9.17) is 9.15 Å². The fraction of sp³-hybridized carbons (Fsp3) is 0.500. The fourth-order valence-electron chi connectivity index (χ4n) is 3.45. The molecule has 2 aliphatic rings. The van der Waals surface area contributed by atoms with Crippen LogP contribution in [0.15, 0.2) is 22.8 Å². The molecule has 0 spiro atoms. The molecule has 0 radical (unpaired) electrons. The fourth-order valence-corrected chi connectivity index (χ4v) is 4.75. The summed E-state index contributed by atoms with van der Waals surface area (Å²) in [5.74, 6) is 0.195. The van der Waals surface area contributed by atoms with Gasteiger partial charge in [0, 0.05) is 30.1 Å². The summed E-state index contributed by atoms with van der Waals surface area (Å²) < 4.78 is 10.7. The number of fused-ring (bicyclic) bond motifs is 1. The first kappa shape index (κ1) is 15.9. The third kappa shape index (κ3) is 3.27. The second-order valence-corrected chi connectivity index (χ2v) is 7.44. The number of hydrogen-bond donors (Lipinski definition) is 1. The van der Waals surface area contributed by atoms with Gasteiger partial charge in [-0.15, -0.1) is 11.3 Å². The van der Waals surface area contributed by atoms with Crippen LogP contribution in [0, 0.1) is 0 Å². The molecule has 6 heteroatoms. The van der Waals surface area contributed by atoms with Gasteiger partial charge in [0.1, 0.15) is 5.00 Å². The van der Waals surface area contributed by atoms with E-state index in [1.54, 1.807) is 23.5 Å². The van der Waals surface area contributed by atoms with Crippen LogP contribution in [0.5, 0.6) is 0 Å². The molecule has 2 aromatic rings. The highest BCUT2D eigenvalue weighted by Gasteiger charge is 2.24. The molecule has 3 heterocycles. The maximum absolute atomic E-state index is 12.4. The normalized spacial score (nSPS) is 18.3. The minimum Gasteiger partial charge on any atom is -0.459 e. The molecular formula is C18H22N2O3S. The van der Waals surface area contributed by atoms with Crippen molar-refractivity contribution in [3.63, 3.8) is 0 Å². The maximum atomic E-state index is 12.4. The van der Waals surface area contributed by atoms with Crippen molar-refractivity contribution < 1.29 is 13.9 Å². The lowest BCUT2D eigenvalue weighted by Gasteiger charge is -2.27. The van der Waals surface area contributed by atoms with Gasteiger partial charge in [0.2, 0.25) is 0 Å². The van der Waals surface area contributed by atoms with Crippen LogP contribution in [-0.2, 0) is 24.1 Å². The number of carbonyl (C=O) groups is 1. The van der Waals surface area contributed by atoms with Crippen LogP contribution in [0.3, 0.4) is 0 Å². The average molecular weight is 346 g/mol. The van der Waals surface area contributed by atoms with Crippen molar-refractivity contribution in [3.05, 3.63) is 40.2 Å². The Labute approximate surface area is 145 Å². The third-order valence-corrected chi connectivity index (χ3v) is 5.99. The highest BCUT2D eigenvalue weighted by molar-refractivity contribution is 7.16. The Bertz CT molecular complexity index is 702. The number of hydrogen-bond acceptors (Lipinski definition) is 5. The zero-order valence-corrected chi connectivity index (χ0v) is 14.5. The average Bonchev–Trinajstić information content (AvgIpc) is 3.25. The van der Waals surface area contributed by atoms with Gasteiger partial charge in [0.05, 0.1) is 19.5 Å². The number of nitrogens with one attached hydrogen (secondary N) is 1. The highest BCUT2D eigenvalue weighted by atomic mass is 32.1. The van der Waals surface area contributed by atoms with Crippen molar-refractivity contribution in [1.82, 2.24) is 4.90 Å². The molecule has 0 atom stereocenters. The standard InChI is InChI=1S/C18H22N2O3S/c21-17(15-5-3-9-23-15)19-18-14(12-20-7-10-22-11-8-20)13-4-1-2-6-16(13)24-18/h3,5,9H,1-2,4,6-8,10-12H2,(H,19,21). The number of morpholine rings is 1. The Morgan fingerprint density at radius 3 is 2.88 bits per heavy atom. The molecule has 2 aromatic heterocycles. The molecule has 1 aliphatic carbocycles. The van der Waals surface area contributed by atoms with E-state index in [9.17, 15) is 4.79 Å². The number of anilines is 1. The monoisotopic (exact) mass is 346 g/mol. The minimum atomic E-state index is -0.165. The molecule has 0 bridgehead atoms. The van der Waals surface area contributed by atoms with Gasteiger partial charge in [-0.1, -0.05) is 0 Å². The molecule has 0 aromatic carbocycles. The first-order valence-corrected chi connectivity index (χ1v) is 9.41. The van der Waals surface area contributed by atoms with Gasteiger partial charge in [0.25, 0.3) is 5.91 Å². The molecule has 24 heavy (non-hydrogen) atoms. The molecule has 4 rings (SSSR count). The summed E-state index contributed by atoms with van der Waals surface area (Å²) in [6, 6.07) is 3.44. The molecule has 1 amide bonds. The first-order valence-electron chi connectivity index (χ1n) is 8.59. The number of carbonyl (C=O) groups excluding carboxylic acids is 1. The molecule has 0 saturated carbocycles. The lowest BCUT2D eigenvalue weighted by Crippen LogP contribution is -2.36. The van der Waals surface area contributed by atoms with Gasteiger partial charge in [-0.3, -0.25) is 9.69 Å². The van der Waals surface area contributed by atoms with Gasteiger partial charge in [-0.25, -0.2) is 0 Å². The Morgan fingerprint density at radius 2 is 2.08 bits per heavy atom. The lowest BCUT2D eigenvalue weighted by atomic mass is 9.95. The number of aryl methyl sites for hydroxylation is 1. The number of furan rings is 1. The summed E-state index contributed by atoms with van der Waals surface area (Å²) in [6.45, 7) is 4.39. The predicted octanol–water partition coefficient (Wildman–Crippen LogP) is 3.30. The van der Waals surface area contributed by atoms with Crippen LogP contribution < -0.4 is 5.32 Å². The number of rotatable bonds is 4. The molecule has 1 aliphatic heterocycles. The van der Waals surface area contributed by atoms with Gasteiger partial charge in [-0.2, -0.15) is 0 Å². The second-order valence-electron chi connectivity index (χ2n) is 6.34. The second kappa shape index (κ2) is 7.09. The number of nitrogens with zero attached hydrogens (tertiary/aromatic N) is 1. The van der Waals surface area contributed by atoms with Crippen LogP contribution >= 0.6 is 11.3 Å². The molecule has 1 fully saturated rings. The van der Waals surface area contributed by atoms with Gasteiger partial charge >= 0.3 is 0 Å². The summed E-state index contributed by atoms with van der Waals surface area (Å²) in [4.78, 5) is 16.3. The van der Waals surface area contributed by atoms with E-state index in [1.807, 2.05) is 0 Å². The van der Waals surface area contributed by atoms with Gasteiger partial charge in [-0.05, 0) is 43.4 Å². The van der Waals surface area contributed by atoms with Gasteiger partial charge in [0.15, 0.2) is 5.76 Å². The summed E-state index contributed by atoms with van der Waals surface area (Å²) in [6.07, 6.45) is 6.28. The highest BCUT2D eigenvalue weighted by Crippen LogP contribution is 2.39.